The molecule has 0 bridgehead atoms. The second-order valence-corrected chi connectivity index (χ2v) is 8.65. The molecule has 2 heterocycles. The molecule has 0 spiro atoms. The minimum Gasteiger partial charge on any atom is -0.507 e. The third-order valence-electron chi connectivity index (χ3n) is 4.87. The Labute approximate surface area is 187 Å². The molecule has 1 aromatic heterocycles. The highest BCUT2D eigenvalue weighted by molar-refractivity contribution is 7.15. The van der Waals surface area contributed by atoms with Crippen molar-refractivity contribution in [3.05, 3.63) is 76.1 Å². The van der Waals surface area contributed by atoms with Crippen LogP contribution in [0.3, 0.4) is 0 Å². The number of anilines is 1. The molecule has 3 aromatic rings. The number of aryl methyl sites for hydroxylation is 1. The number of carbonyl (C=O) groups excluding carboxylic acids is 2. The molecule has 164 valence electrons. The molecule has 1 atom stereocenters. The van der Waals surface area contributed by atoms with Crippen LogP contribution >= 0.6 is 11.3 Å². The summed E-state index contributed by atoms with van der Waals surface area (Å²) >= 11 is 1.10. The molecule has 0 saturated carbocycles. The third-order valence-corrected chi connectivity index (χ3v) is 5.70. The zero-order chi connectivity index (χ0) is 23.0. The number of amides is 1. The van der Waals surface area contributed by atoms with Gasteiger partial charge in [-0.15, -0.1) is 10.2 Å². The molecule has 1 N–H and O–H groups in total. The summed E-state index contributed by atoms with van der Waals surface area (Å²) in [6.45, 7) is 5.48. The highest BCUT2D eigenvalue weighted by Crippen LogP contribution is 2.43. The van der Waals surface area contributed by atoms with Crippen LogP contribution in [0.25, 0.3) is 5.76 Å². The van der Waals surface area contributed by atoms with Crippen LogP contribution in [-0.4, -0.2) is 33.1 Å². The van der Waals surface area contributed by atoms with E-state index in [0.717, 1.165) is 16.2 Å². The van der Waals surface area contributed by atoms with Crippen molar-refractivity contribution < 1.29 is 23.8 Å². The van der Waals surface area contributed by atoms with Crippen LogP contribution < -0.4 is 9.64 Å². The van der Waals surface area contributed by atoms with E-state index in [-0.39, 0.29) is 22.4 Å². The van der Waals surface area contributed by atoms with Crippen LogP contribution in [0.1, 0.15) is 36.0 Å². The van der Waals surface area contributed by atoms with E-state index in [1.807, 2.05) is 13.8 Å². The van der Waals surface area contributed by atoms with Gasteiger partial charge in [0.2, 0.25) is 5.13 Å². The van der Waals surface area contributed by atoms with Crippen molar-refractivity contribution in [2.24, 2.45) is 0 Å². The van der Waals surface area contributed by atoms with Gasteiger partial charge in [-0.1, -0.05) is 29.5 Å². The average Bonchev–Trinajstić information content (AvgIpc) is 3.29. The monoisotopic (exact) mass is 453 g/mol. The normalized spacial score (nSPS) is 17.9. The van der Waals surface area contributed by atoms with Gasteiger partial charge in [0.15, 0.2) is 0 Å². The van der Waals surface area contributed by atoms with Gasteiger partial charge in [-0.3, -0.25) is 14.5 Å². The standard InChI is InChI=1S/C23H20FN3O4S/c1-12(2)31-15-10-8-14(9-11-15)20(28)18-19(16-6-4-5-7-17(16)24)27(22(30)21(18)29)23-26-25-13(3)32-23/h4-12,19,28H,1-3H3/b20-18-. The summed E-state index contributed by atoms with van der Waals surface area (Å²) in [5.41, 5.74) is 0.153. The van der Waals surface area contributed by atoms with Crippen LogP contribution in [-0.2, 0) is 9.59 Å². The Morgan fingerprint density at radius 2 is 1.81 bits per heavy atom. The van der Waals surface area contributed by atoms with Crippen molar-refractivity contribution in [3.8, 4) is 5.75 Å². The topological polar surface area (TPSA) is 92.6 Å². The molecule has 7 nitrogen and oxygen atoms in total. The number of carbonyl (C=O) groups is 2. The van der Waals surface area contributed by atoms with E-state index in [9.17, 15) is 19.1 Å². The number of aliphatic hydroxyl groups excluding tert-OH is 1. The van der Waals surface area contributed by atoms with E-state index in [0.29, 0.717) is 16.3 Å². The van der Waals surface area contributed by atoms with Gasteiger partial charge >= 0.3 is 5.91 Å². The summed E-state index contributed by atoms with van der Waals surface area (Å²) in [4.78, 5) is 27.1. The number of aromatic nitrogens is 2. The number of rotatable bonds is 5. The summed E-state index contributed by atoms with van der Waals surface area (Å²) in [5.74, 6) is -2.26. The lowest BCUT2D eigenvalue weighted by atomic mass is 9.95. The van der Waals surface area contributed by atoms with Gasteiger partial charge in [-0.05, 0) is 51.1 Å². The minimum atomic E-state index is -1.19. The van der Waals surface area contributed by atoms with Gasteiger partial charge < -0.3 is 9.84 Å². The maximum absolute atomic E-state index is 14.8. The number of benzene rings is 2. The number of nitrogens with zero attached hydrogens (tertiary/aromatic N) is 3. The molecule has 1 aliphatic rings. The molecule has 1 amide bonds. The van der Waals surface area contributed by atoms with Gasteiger partial charge in [0.25, 0.3) is 5.78 Å². The fourth-order valence-electron chi connectivity index (χ4n) is 3.52. The van der Waals surface area contributed by atoms with Crippen LogP contribution in [0.15, 0.2) is 54.1 Å². The fraction of sp³-hybridized carbons (Fsp3) is 0.217. The predicted molar refractivity (Wildman–Crippen MR) is 118 cm³/mol. The number of hydrogen-bond acceptors (Lipinski definition) is 7. The molecule has 1 aliphatic heterocycles. The quantitative estimate of drug-likeness (QED) is 0.350. The summed E-state index contributed by atoms with van der Waals surface area (Å²) in [7, 11) is 0. The first-order valence-corrected chi connectivity index (χ1v) is 10.7. The minimum absolute atomic E-state index is 0.0313. The first-order valence-electron chi connectivity index (χ1n) is 9.90. The van der Waals surface area contributed by atoms with E-state index in [4.69, 9.17) is 4.74 Å². The van der Waals surface area contributed by atoms with Gasteiger partial charge in [-0.25, -0.2) is 4.39 Å². The number of halogens is 1. The first-order chi connectivity index (χ1) is 15.3. The summed E-state index contributed by atoms with van der Waals surface area (Å²) in [5, 5.41) is 19.7. The Morgan fingerprint density at radius 1 is 1.12 bits per heavy atom. The largest absolute Gasteiger partial charge is 0.507 e. The highest BCUT2D eigenvalue weighted by Gasteiger charge is 2.49. The Morgan fingerprint density at radius 3 is 2.41 bits per heavy atom. The van der Waals surface area contributed by atoms with Crippen LogP contribution in [0.5, 0.6) is 5.75 Å². The molecule has 1 saturated heterocycles. The maximum atomic E-state index is 14.8. The lowest BCUT2D eigenvalue weighted by Crippen LogP contribution is -2.29. The number of hydrogen-bond donors (Lipinski definition) is 1. The zero-order valence-corrected chi connectivity index (χ0v) is 18.4. The average molecular weight is 453 g/mol. The Bertz CT molecular complexity index is 1220. The predicted octanol–water partition coefficient (Wildman–Crippen LogP) is 4.40. The Kier molecular flexibility index (Phi) is 5.75. The Balaban J connectivity index is 1.87. The lowest BCUT2D eigenvalue weighted by Gasteiger charge is -2.22. The molecule has 1 unspecified atom stereocenters. The molecule has 4 rings (SSSR count). The van der Waals surface area contributed by atoms with Gasteiger partial charge in [0.1, 0.15) is 28.4 Å². The number of aliphatic hydroxyl groups is 1. The molecule has 1 fully saturated rings. The van der Waals surface area contributed by atoms with Crippen LogP contribution in [0.2, 0.25) is 0 Å². The SMILES string of the molecule is Cc1nnc(N2C(=O)C(=O)/C(=C(\O)c3ccc(OC(C)C)cc3)C2c2ccccc2F)s1. The van der Waals surface area contributed by atoms with E-state index in [1.54, 1.807) is 37.3 Å². The molecule has 32 heavy (non-hydrogen) atoms. The molecule has 2 aromatic carbocycles. The van der Waals surface area contributed by atoms with Crippen LogP contribution in [0.4, 0.5) is 9.52 Å². The van der Waals surface area contributed by atoms with E-state index >= 15 is 0 Å². The summed E-state index contributed by atoms with van der Waals surface area (Å²) < 4.78 is 20.4. The lowest BCUT2D eigenvalue weighted by molar-refractivity contribution is -0.132. The van der Waals surface area contributed by atoms with Gasteiger partial charge in [0.05, 0.1) is 11.7 Å². The van der Waals surface area contributed by atoms with E-state index < -0.39 is 29.3 Å². The van der Waals surface area contributed by atoms with Crippen LogP contribution in [0, 0.1) is 12.7 Å². The highest BCUT2D eigenvalue weighted by atomic mass is 32.1. The van der Waals surface area contributed by atoms with Crippen molar-refractivity contribution in [2.45, 2.75) is 32.9 Å². The zero-order valence-electron chi connectivity index (χ0n) is 17.6. The molecule has 0 radical (unpaired) electrons. The van der Waals surface area contributed by atoms with Crippen molar-refractivity contribution >= 4 is 33.9 Å². The van der Waals surface area contributed by atoms with Gasteiger partial charge in [0, 0.05) is 11.1 Å². The van der Waals surface area contributed by atoms with Crippen molar-refractivity contribution in [1.82, 2.24) is 10.2 Å². The maximum Gasteiger partial charge on any atom is 0.301 e. The summed E-state index contributed by atoms with van der Waals surface area (Å²) in [6, 6.07) is 11.1. The number of Topliss-reactive ketones (excluding diaryl/α,β-unsaturated/α-hetero) is 1. The van der Waals surface area contributed by atoms with Gasteiger partial charge in [-0.2, -0.15) is 0 Å². The summed E-state index contributed by atoms with van der Waals surface area (Å²) in [6.07, 6.45) is -0.0313. The second-order valence-electron chi connectivity index (χ2n) is 7.49. The third kappa shape index (κ3) is 3.87. The number of ether oxygens (including phenoxy) is 1. The van der Waals surface area contributed by atoms with Crippen molar-refractivity contribution in [3.63, 3.8) is 0 Å². The van der Waals surface area contributed by atoms with E-state index in [1.165, 1.54) is 18.2 Å². The molecule has 0 aliphatic carbocycles. The first kappa shape index (κ1) is 21.6. The van der Waals surface area contributed by atoms with E-state index in [2.05, 4.69) is 10.2 Å². The molecular weight excluding hydrogens is 433 g/mol. The molecule has 9 heteroatoms. The van der Waals surface area contributed by atoms with Crippen molar-refractivity contribution in [2.75, 3.05) is 4.90 Å². The van der Waals surface area contributed by atoms with Crippen molar-refractivity contribution in [1.29, 1.82) is 0 Å². The molecular formula is C23H20FN3O4S. The second kappa shape index (κ2) is 8.51. The fourth-order valence-corrected chi connectivity index (χ4v) is 4.24. The Hall–Kier alpha value is -3.59. The number of ketones is 1. The smallest absolute Gasteiger partial charge is 0.301 e.